The van der Waals surface area contributed by atoms with Gasteiger partial charge in [0.2, 0.25) is 21.5 Å². The van der Waals surface area contributed by atoms with E-state index in [-0.39, 0.29) is 23.4 Å². The molecule has 17 heavy (non-hydrogen) atoms. The Morgan fingerprint density at radius 2 is 1.41 bits per heavy atom. The molecule has 0 atom stereocenters. The molecule has 0 unspecified atom stereocenters. The Morgan fingerprint density at radius 3 is 1.88 bits per heavy atom. The van der Waals surface area contributed by atoms with Gasteiger partial charge < -0.3 is 16.0 Å². The highest BCUT2D eigenvalue weighted by atomic mass is 127. The van der Waals surface area contributed by atoms with E-state index in [0.29, 0.717) is 0 Å². The van der Waals surface area contributed by atoms with Crippen molar-refractivity contribution in [2.24, 2.45) is 0 Å². The van der Waals surface area contributed by atoms with E-state index in [1.165, 1.54) is 0 Å². The van der Waals surface area contributed by atoms with Crippen molar-refractivity contribution in [2.45, 2.75) is 0 Å². The maximum Gasteiger partial charge on any atom is 0.243 e. The number of rotatable bonds is 7. The molecule has 0 radical (unpaired) electrons. The Hall–Kier alpha value is -1.45. The molecule has 0 aliphatic rings. The van der Waals surface area contributed by atoms with Gasteiger partial charge in [0.25, 0.3) is 0 Å². The summed E-state index contributed by atoms with van der Waals surface area (Å²) in [6.07, 6.45) is 1.03. The van der Waals surface area contributed by atoms with Crippen LogP contribution in [-0.4, -0.2) is 41.1 Å². The van der Waals surface area contributed by atoms with E-state index in [1.54, 1.807) is 22.6 Å². The van der Waals surface area contributed by atoms with Gasteiger partial charge in [-0.3, -0.25) is 19.2 Å². The summed E-state index contributed by atoms with van der Waals surface area (Å²) in [5.74, 6) is -1.45. The van der Waals surface area contributed by atoms with Crippen molar-refractivity contribution < 1.29 is 19.2 Å². The van der Waals surface area contributed by atoms with E-state index in [2.05, 4.69) is 22.5 Å². The first kappa shape index (κ1) is 15.6. The van der Waals surface area contributed by atoms with Crippen molar-refractivity contribution in [3.63, 3.8) is 0 Å². The van der Waals surface area contributed by atoms with Gasteiger partial charge in [-0.15, -0.1) is 0 Å². The molecule has 0 heterocycles. The van der Waals surface area contributed by atoms with Crippen LogP contribution >= 0.6 is 22.6 Å². The van der Waals surface area contributed by atoms with E-state index in [4.69, 9.17) is 0 Å². The van der Waals surface area contributed by atoms with Crippen LogP contribution < -0.4 is 16.0 Å². The van der Waals surface area contributed by atoms with Crippen LogP contribution in [0.1, 0.15) is 0 Å². The fourth-order valence-electron chi connectivity index (χ4n) is 0.712. The molecule has 7 nitrogen and oxygen atoms in total. The SMILES string of the molecule is C=CC(=O)NCC(=O)NCC(=O)NCC(=O)I. The molecule has 0 saturated carbocycles. The van der Waals surface area contributed by atoms with Gasteiger partial charge in [-0.1, -0.05) is 6.58 Å². The molecule has 0 aliphatic carbocycles. The lowest BCUT2D eigenvalue weighted by Crippen LogP contribution is -2.42. The molecule has 0 aromatic rings. The number of halogens is 1. The molecule has 0 rings (SSSR count). The van der Waals surface area contributed by atoms with Gasteiger partial charge in [-0.25, -0.2) is 0 Å². The maximum atomic E-state index is 11.1. The summed E-state index contributed by atoms with van der Waals surface area (Å²) in [6, 6.07) is 0. The predicted molar refractivity (Wildman–Crippen MR) is 68.3 cm³/mol. The van der Waals surface area contributed by atoms with Crippen molar-refractivity contribution in [1.82, 2.24) is 16.0 Å². The van der Waals surface area contributed by atoms with E-state index in [0.717, 1.165) is 6.08 Å². The standard InChI is InChI=1S/C9H12IN3O4/c1-2-7(15)12-4-9(17)13-5-8(16)11-3-6(10)14/h2H,1,3-5H2,(H,11,16)(H,12,15)(H,13,17). The van der Waals surface area contributed by atoms with Crippen molar-refractivity contribution >= 4 is 44.1 Å². The van der Waals surface area contributed by atoms with Gasteiger partial charge in [0.05, 0.1) is 19.6 Å². The number of nitrogens with one attached hydrogen (secondary N) is 3. The third-order valence-corrected chi connectivity index (χ3v) is 1.86. The molecule has 0 fully saturated rings. The molecule has 0 bridgehead atoms. The van der Waals surface area contributed by atoms with Gasteiger partial charge in [-0.05, 0) is 6.08 Å². The summed E-state index contributed by atoms with van der Waals surface area (Å²) in [5.41, 5.74) is 0. The summed E-state index contributed by atoms with van der Waals surface area (Å²) >= 11 is 1.54. The third kappa shape index (κ3) is 9.48. The van der Waals surface area contributed by atoms with Gasteiger partial charge in [0.1, 0.15) is 0 Å². The zero-order valence-electron chi connectivity index (χ0n) is 8.92. The second-order valence-electron chi connectivity index (χ2n) is 2.83. The number of hydrogen-bond acceptors (Lipinski definition) is 4. The van der Waals surface area contributed by atoms with Crippen LogP contribution in [0.15, 0.2) is 12.7 Å². The molecule has 0 aromatic heterocycles. The van der Waals surface area contributed by atoms with E-state index in [9.17, 15) is 19.2 Å². The van der Waals surface area contributed by atoms with Gasteiger partial charge in [-0.2, -0.15) is 0 Å². The molecular weight excluding hydrogens is 341 g/mol. The normalized spacial score (nSPS) is 9.00. The van der Waals surface area contributed by atoms with E-state index >= 15 is 0 Å². The average Bonchev–Trinajstić information content (AvgIpc) is 2.30. The van der Waals surface area contributed by atoms with Crippen LogP contribution in [-0.2, 0) is 19.2 Å². The fourth-order valence-corrected chi connectivity index (χ4v) is 0.902. The summed E-state index contributed by atoms with van der Waals surface area (Å²) in [7, 11) is 0. The van der Waals surface area contributed by atoms with E-state index < -0.39 is 17.7 Å². The van der Waals surface area contributed by atoms with Gasteiger partial charge >= 0.3 is 0 Å². The minimum atomic E-state index is -0.504. The second kappa shape index (κ2) is 8.67. The second-order valence-corrected chi connectivity index (χ2v) is 4.03. The summed E-state index contributed by atoms with van der Waals surface area (Å²) < 4.78 is -0.208. The van der Waals surface area contributed by atoms with Crippen LogP contribution in [0.3, 0.4) is 0 Å². The van der Waals surface area contributed by atoms with Crippen molar-refractivity contribution in [1.29, 1.82) is 0 Å². The number of hydrogen-bond donors (Lipinski definition) is 3. The van der Waals surface area contributed by atoms with Crippen molar-refractivity contribution in [2.75, 3.05) is 19.6 Å². The molecular formula is C9H12IN3O4. The first-order valence-corrected chi connectivity index (χ1v) is 5.65. The lowest BCUT2D eigenvalue weighted by atomic mass is 10.5. The Bertz CT molecular complexity index is 343. The Balaban J connectivity index is 3.69. The van der Waals surface area contributed by atoms with Crippen molar-refractivity contribution in [3.05, 3.63) is 12.7 Å². The first-order valence-electron chi connectivity index (χ1n) is 4.57. The third-order valence-electron chi connectivity index (χ3n) is 1.48. The molecule has 0 aromatic carbocycles. The highest BCUT2D eigenvalue weighted by molar-refractivity contribution is 14.1. The quantitative estimate of drug-likeness (QED) is 0.294. The van der Waals surface area contributed by atoms with Crippen LogP contribution in [0.2, 0.25) is 0 Å². The number of carbonyl (C=O) groups is 4. The zero-order chi connectivity index (χ0) is 13.3. The summed E-state index contributed by atoms with van der Waals surface area (Å²) in [4.78, 5) is 43.4. The first-order chi connectivity index (χ1) is 7.95. The molecule has 0 spiro atoms. The van der Waals surface area contributed by atoms with Crippen LogP contribution in [0.4, 0.5) is 0 Å². The monoisotopic (exact) mass is 353 g/mol. The Kier molecular flexibility index (Phi) is 7.93. The van der Waals surface area contributed by atoms with Gasteiger partial charge in [0, 0.05) is 22.6 Å². The minimum Gasteiger partial charge on any atom is -0.347 e. The highest BCUT2D eigenvalue weighted by Gasteiger charge is 2.06. The van der Waals surface area contributed by atoms with Crippen molar-refractivity contribution in [3.8, 4) is 0 Å². The lowest BCUT2D eigenvalue weighted by molar-refractivity contribution is -0.127. The molecule has 3 N–H and O–H groups in total. The molecule has 0 saturated heterocycles. The number of carbonyl (C=O) groups excluding carboxylic acids is 4. The summed E-state index contributed by atoms with van der Waals surface area (Å²) in [5, 5.41) is 6.82. The fraction of sp³-hybridized carbons (Fsp3) is 0.333. The summed E-state index contributed by atoms with van der Waals surface area (Å²) in [6.45, 7) is 2.66. The largest absolute Gasteiger partial charge is 0.347 e. The number of amides is 3. The Morgan fingerprint density at radius 1 is 0.941 bits per heavy atom. The molecule has 0 aliphatic heterocycles. The van der Waals surface area contributed by atoms with Crippen LogP contribution in [0.5, 0.6) is 0 Å². The van der Waals surface area contributed by atoms with Crippen LogP contribution in [0.25, 0.3) is 0 Å². The topological polar surface area (TPSA) is 104 Å². The maximum absolute atomic E-state index is 11.1. The molecule has 94 valence electrons. The molecule has 8 heteroatoms. The average molecular weight is 353 g/mol. The Labute approximate surface area is 112 Å². The predicted octanol–water partition coefficient (Wildman–Crippen LogP) is -1.52. The molecule has 3 amide bonds. The van der Waals surface area contributed by atoms with Gasteiger partial charge in [0.15, 0.2) is 0 Å². The van der Waals surface area contributed by atoms with Crippen LogP contribution in [0, 0.1) is 0 Å². The smallest absolute Gasteiger partial charge is 0.243 e. The highest BCUT2D eigenvalue weighted by Crippen LogP contribution is 1.81. The zero-order valence-corrected chi connectivity index (χ0v) is 11.1. The lowest BCUT2D eigenvalue weighted by Gasteiger charge is -2.05. The van der Waals surface area contributed by atoms with E-state index in [1.807, 2.05) is 0 Å². The minimum absolute atomic E-state index is 0.0809.